The summed E-state index contributed by atoms with van der Waals surface area (Å²) in [6.07, 6.45) is -0.839. The standard InChI is InChI=1S/C15H20ClF3O/c1-3-6-11(7-4-2)20-10-12-13(15(17,18)19)8-5-9-14(12)16/h5,8-9,11H,3-4,6-7,10H2,1-2H3. The van der Waals surface area contributed by atoms with Crippen molar-refractivity contribution in [2.75, 3.05) is 0 Å². The lowest BCUT2D eigenvalue weighted by atomic mass is 10.1. The maximum Gasteiger partial charge on any atom is 0.416 e. The Hall–Kier alpha value is -0.740. The average molecular weight is 309 g/mol. The first-order valence-corrected chi connectivity index (χ1v) is 7.24. The highest BCUT2D eigenvalue weighted by Gasteiger charge is 2.34. The lowest BCUT2D eigenvalue weighted by molar-refractivity contribution is -0.139. The molecule has 1 aromatic carbocycles. The first-order chi connectivity index (χ1) is 9.40. The van der Waals surface area contributed by atoms with Crippen molar-refractivity contribution < 1.29 is 17.9 Å². The predicted octanol–water partition coefficient (Wildman–Crippen LogP) is 5.84. The lowest BCUT2D eigenvalue weighted by Gasteiger charge is -2.19. The normalized spacial score (nSPS) is 12.2. The minimum absolute atomic E-state index is 0.0117. The van der Waals surface area contributed by atoms with Gasteiger partial charge in [0.25, 0.3) is 0 Å². The molecule has 0 aliphatic heterocycles. The number of rotatable bonds is 7. The van der Waals surface area contributed by atoms with Crippen LogP contribution in [0.3, 0.4) is 0 Å². The molecule has 0 amide bonds. The Labute approximate surface area is 123 Å². The molecule has 0 aliphatic carbocycles. The van der Waals surface area contributed by atoms with Gasteiger partial charge in [-0.2, -0.15) is 13.2 Å². The van der Waals surface area contributed by atoms with Gasteiger partial charge in [-0.25, -0.2) is 0 Å². The van der Waals surface area contributed by atoms with Crippen LogP contribution in [0.15, 0.2) is 18.2 Å². The van der Waals surface area contributed by atoms with E-state index in [9.17, 15) is 13.2 Å². The molecule has 0 aromatic heterocycles. The Bertz CT molecular complexity index is 412. The van der Waals surface area contributed by atoms with E-state index < -0.39 is 11.7 Å². The molecule has 0 fully saturated rings. The molecule has 0 aliphatic rings. The van der Waals surface area contributed by atoms with Crippen molar-refractivity contribution in [1.82, 2.24) is 0 Å². The Morgan fingerprint density at radius 2 is 1.75 bits per heavy atom. The van der Waals surface area contributed by atoms with Crippen molar-refractivity contribution in [3.8, 4) is 0 Å². The van der Waals surface area contributed by atoms with Gasteiger partial charge >= 0.3 is 6.18 Å². The smallest absolute Gasteiger partial charge is 0.373 e. The van der Waals surface area contributed by atoms with E-state index in [2.05, 4.69) is 0 Å². The summed E-state index contributed by atoms with van der Waals surface area (Å²) in [5, 5.41) is 0.103. The van der Waals surface area contributed by atoms with Crippen molar-refractivity contribution in [3.05, 3.63) is 34.3 Å². The van der Waals surface area contributed by atoms with E-state index in [0.717, 1.165) is 31.7 Å². The van der Waals surface area contributed by atoms with Gasteiger partial charge in [0.2, 0.25) is 0 Å². The van der Waals surface area contributed by atoms with E-state index in [-0.39, 0.29) is 23.3 Å². The fourth-order valence-electron chi connectivity index (χ4n) is 2.13. The van der Waals surface area contributed by atoms with Crippen LogP contribution in [0.2, 0.25) is 5.02 Å². The topological polar surface area (TPSA) is 9.23 Å². The number of alkyl halides is 3. The summed E-state index contributed by atoms with van der Waals surface area (Å²) >= 11 is 5.89. The third-order valence-electron chi connectivity index (χ3n) is 3.11. The van der Waals surface area contributed by atoms with Crippen LogP contribution < -0.4 is 0 Å². The molecule has 0 radical (unpaired) electrons. The van der Waals surface area contributed by atoms with Crippen LogP contribution in [-0.4, -0.2) is 6.10 Å². The van der Waals surface area contributed by atoms with Crippen LogP contribution in [-0.2, 0) is 17.5 Å². The van der Waals surface area contributed by atoms with Gasteiger partial charge in [-0.1, -0.05) is 44.4 Å². The average Bonchev–Trinajstić information content (AvgIpc) is 2.36. The summed E-state index contributed by atoms with van der Waals surface area (Å²) in [7, 11) is 0. The second-order valence-corrected chi connectivity index (χ2v) is 5.18. The van der Waals surface area contributed by atoms with Gasteiger partial charge in [-0.05, 0) is 25.0 Å². The van der Waals surface area contributed by atoms with Crippen molar-refractivity contribution in [2.24, 2.45) is 0 Å². The first kappa shape index (κ1) is 17.3. The van der Waals surface area contributed by atoms with Crippen molar-refractivity contribution in [2.45, 2.75) is 58.4 Å². The zero-order valence-corrected chi connectivity index (χ0v) is 12.5. The Kier molecular flexibility index (Phi) is 6.83. The molecule has 5 heteroatoms. The molecule has 20 heavy (non-hydrogen) atoms. The largest absolute Gasteiger partial charge is 0.416 e. The molecular formula is C15H20ClF3O. The summed E-state index contributed by atoms with van der Waals surface area (Å²) in [5.74, 6) is 0. The first-order valence-electron chi connectivity index (χ1n) is 6.86. The minimum atomic E-state index is -4.41. The summed E-state index contributed by atoms with van der Waals surface area (Å²) in [6.45, 7) is 3.96. The maximum absolute atomic E-state index is 12.9. The SMILES string of the molecule is CCCC(CCC)OCc1c(Cl)cccc1C(F)(F)F. The van der Waals surface area contributed by atoms with Gasteiger partial charge in [-0.15, -0.1) is 0 Å². The highest BCUT2D eigenvalue weighted by atomic mass is 35.5. The summed E-state index contributed by atoms with van der Waals surface area (Å²) in [4.78, 5) is 0. The van der Waals surface area contributed by atoms with E-state index in [0.29, 0.717) is 0 Å². The van der Waals surface area contributed by atoms with Gasteiger partial charge in [-0.3, -0.25) is 0 Å². The highest BCUT2D eigenvalue weighted by Crippen LogP contribution is 2.35. The summed E-state index contributed by atoms with van der Waals surface area (Å²) in [5.41, 5.74) is -0.685. The minimum Gasteiger partial charge on any atom is -0.373 e. The molecule has 0 saturated carbocycles. The molecule has 0 unspecified atom stereocenters. The molecule has 0 saturated heterocycles. The van der Waals surface area contributed by atoms with Gasteiger partial charge in [0.05, 0.1) is 18.3 Å². The predicted molar refractivity (Wildman–Crippen MR) is 74.8 cm³/mol. The van der Waals surface area contributed by atoms with Crippen LogP contribution in [0.5, 0.6) is 0 Å². The van der Waals surface area contributed by atoms with E-state index in [1.54, 1.807) is 0 Å². The number of hydrogen-bond acceptors (Lipinski definition) is 1. The molecule has 0 atom stereocenters. The number of halogens is 4. The lowest BCUT2D eigenvalue weighted by Crippen LogP contribution is -2.15. The van der Waals surface area contributed by atoms with Gasteiger partial charge in [0.15, 0.2) is 0 Å². The Morgan fingerprint density at radius 3 is 2.25 bits per heavy atom. The van der Waals surface area contributed by atoms with Crippen LogP contribution in [0.1, 0.15) is 50.7 Å². The monoisotopic (exact) mass is 308 g/mol. The van der Waals surface area contributed by atoms with Crippen molar-refractivity contribution >= 4 is 11.6 Å². The molecule has 1 rings (SSSR count). The van der Waals surface area contributed by atoms with Crippen molar-refractivity contribution in [1.29, 1.82) is 0 Å². The number of benzene rings is 1. The van der Waals surface area contributed by atoms with Gasteiger partial charge in [0, 0.05) is 10.6 Å². The van der Waals surface area contributed by atoms with Crippen LogP contribution in [0.4, 0.5) is 13.2 Å². The van der Waals surface area contributed by atoms with E-state index >= 15 is 0 Å². The van der Waals surface area contributed by atoms with Crippen LogP contribution in [0, 0.1) is 0 Å². The second kappa shape index (κ2) is 7.89. The number of hydrogen-bond donors (Lipinski definition) is 0. The fourth-order valence-corrected chi connectivity index (χ4v) is 2.36. The zero-order valence-electron chi connectivity index (χ0n) is 11.8. The highest BCUT2D eigenvalue weighted by molar-refractivity contribution is 6.31. The van der Waals surface area contributed by atoms with Crippen LogP contribution in [0.25, 0.3) is 0 Å². The molecule has 0 heterocycles. The van der Waals surface area contributed by atoms with Crippen LogP contribution >= 0.6 is 11.6 Å². The quantitative estimate of drug-likeness (QED) is 0.614. The number of ether oxygens (including phenoxy) is 1. The summed E-state index contributed by atoms with van der Waals surface area (Å²) in [6, 6.07) is 3.81. The van der Waals surface area contributed by atoms with E-state index in [1.165, 1.54) is 12.1 Å². The summed E-state index contributed by atoms with van der Waals surface area (Å²) < 4.78 is 44.4. The molecule has 1 nitrogen and oxygen atoms in total. The Balaban J connectivity index is 2.86. The zero-order chi connectivity index (χ0) is 15.2. The fraction of sp³-hybridized carbons (Fsp3) is 0.600. The third-order valence-corrected chi connectivity index (χ3v) is 3.46. The van der Waals surface area contributed by atoms with Crippen molar-refractivity contribution in [3.63, 3.8) is 0 Å². The molecule has 1 aromatic rings. The molecule has 114 valence electrons. The molecular weight excluding hydrogens is 289 g/mol. The molecule has 0 spiro atoms. The van der Waals surface area contributed by atoms with E-state index in [4.69, 9.17) is 16.3 Å². The third kappa shape index (κ3) is 4.98. The van der Waals surface area contributed by atoms with E-state index in [1.807, 2.05) is 13.8 Å². The Morgan fingerprint density at radius 1 is 1.15 bits per heavy atom. The second-order valence-electron chi connectivity index (χ2n) is 4.77. The molecule has 0 bridgehead atoms. The molecule has 0 N–H and O–H groups in total. The van der Waals surface area contributed by atoms with Gasteiger partial charge in [0.1, 0.15) is 0 Å². The maximum atomic E-state index is 12.9. The van der Waals surface area contributed by atoms with Gasteiger partial charge < -0.3 is 4.74 Å².